The van der Waals surface area contributed by atoms with Gasteiger partial charge in [-0.05, 0) is 52.3 Å². The van der Waals surface area contributed by atoms with E-state index in [0.717, 1.165) is 13.0 Å². The molecule has 0 fully saturated rings. The van der Waals surface area contributed by atoms with Crippen molar-refractivity contribution in [2.24, 2.45) is 0 Å². The zero-order chi connectivity index (χ0) is 13.0. The highest BCUT2D eigenvalue weighted by molar-refractivity contribution is 9.10. The van der Waals surface area contributed by atoms with Crippen molar-refractivity contribution < 1.29 is 0 Å². The van der Waals surface area contributed by atoms with Crippen molar-refractivity contribution in [2.45, 2.75) is 26.3 Å². The molecule has 3 heteroatoms. The van der Waals surface area contributed by atoms with Crippen LogP contribution in [0.25, 0.3) is 0 Å². The standard InChI is InChI=1S/C15H18BrNS/c1-3-7-17-15(13-9-18-10-14(13)16)12-6-4-5-11(2)8-12/h4-6,8-10,15,17H,3,7H2,1-2H3. The van der Waals surface area contributed by atoms with Crippen LogP contribution in [0.5, 0.6) is 0 Å². The molecule has 0 radical (unpaired) electrons. The van der Waals surface area contributed by atoms with Gasteiger partial charge >= 0.3 is 0 Å². The first-order chi connectivity index (χ1) is 8.72. The lowest BCUT2D eigenvalue weighted by molar-refractivity contribution is 0.598. The molecule has 0 aliphatic heterocycles. The van der Waals surface area contributed by atoms with Gasteiger partial charge in [0.2, 0.25) is 0 Å². The highest BCUT2D eigenvalue weighted by Gasteiger charge is 2.16. The first kappa shape index (κ1) is 13.8. The van der Waals surface area contributed by atoms with E-state index in [-0.39, 0.29) is 6.04 Å². The molecule has 1 heterocycles. The summed E-state index contributed by atoms with van der Waals surface area (Å²) in [6.45, 7) is 5.37. The van der Waals surface area contributed by atoms with Crippen LogP contribution < -0.4 is 5.32 Å². The highest BCUT2D eigenvalue weighted by atomic mass is 79.9. The van der Waals surface area contributed by atoms with E-state index in [1.165, 1.54) is 21.2 Å². The van der Waals surface area contributed by atoms with Gasteiger partial charge in [0.15, 0.2) is 0 Å². The van der Waals surface area contributed by atoms with Gasteiger partial charge in [0.25, 0.3) is 0 Å². The van der Waals surface area contributed by atoms with Gasteiger partial charge in [-0.15, -0.1) is 0 Å². The first-order valence-electron chi connectivity index (χ1n) is 6.24. The fourth-order valence-corrected chi connectivity index (χ4v) is 3.59. The van der Waals surface area contributed by atoms with E-state index in [0.29, 0.717) is 0 Å². The third kappa shape index (κ3) is 3.22. The summed E-state index contributed by atoms with van der Waals surface area (Å²) < 4.78 is 1.20. The molecule has 1 aromatic heterocycles. The minimum absolute atomic E-state index is 0.283. The summed E-state index contributed by atoms with van der Waals surface area (Å²) in [5.74, 6) is 0. The summed E-state index contributed by atoms with van der Waals surface area (Å²) in [5.41, 5.74) is 3.98. The fourth-order valence-electron chi connectivity index (χ4n) is 2.04. The van der Waals surface area contributed by atoms with Gasteiger partial charge in [0.1, 0.15) is 0 Å². The van der Waals surface area contributed by atoms with Crippen LogP contribution in [0.3, 0.4) is 0 Å². The molecule has 2 aromatic rings. The van der Waals surface area contributed by atoms with E-state index in [1.807, 2.05) is 0 Å². The van der Waals surface area contributed by atoms with Gasteiger partial charge in [0, 0.05) is 9.85 Å². The third-order valence-corrected chi connectivity index (χ3v) is 4.68. The van der Waals surface area contributed by atoms with Crippen LogP contribution in [0.4, 0.5) is 0 Å². The molecule has 96 valence electrons. The highest BCUT2D eigenvalue weighted by Crippen LogP contribution is 2.31. The van der Waals surface area contributed by atoms with Gasteiger partial charge in [0.05, 0.1) is 6.04 Å². The van der Waals surface area contributed by atoms with Gasteiger partial charge in [-0.25, -0.2) is 0 Å². The molecule has 1 N–H and O–H groups in total. The smallest absolute Gasteiger partial charge is 0.0596 e. The summed E-state index contributed by atoms with van der Waals surface area (Å²) in [5, 5.41) is 8.00. The van der Waals surface area contributed by atoms with Gasteiger partial charge < -0.3 is 5.32 Å². The van der Waals surface area contributed by atoms with Crippen LogP contribution in [0, 0.1) is 6.92 Å². The second-order valence-electron chi connectivity index (χ2n) is 4.48. The normalized spacial score (nSPS) is 12.6. The molecule has 0 bridgehead atoms. The molecular weight excluding hydrogens is 306 g/mol. The predicted octanol–water partition coefficient (Wildman–Crippen LogP) is 4.91. The number of rotatable bonds is 5. The van der Waals surface area contributed by atoms with Crippen molar-refractivity contribution in [3.8, 4) is 0 Å². The Morgan fingerprint density at radius 3 is 2.78 bits per heavy atom. The molecule has 0 amide bonds. The van der Waals surface area contributed by atoms with E-state index < -0.39 is 0 Å². The Bertz CT molecular complexity index is 507. The lowest BCUT2D eigenvalue weighted by Gasteiger charge is -2.19. The maximum Gasteiger partial charge on any atom is 0.0596 e. The topological polar surface area (TPSA) is 12.0 Å². The minimum Gasteiger partial charge on any atom is -0.306 e. The van der Waals surface area contributed by atoms with Crippen molar-refractivity contribution >= 4 is 27.3 Å². The summed E-state index contributed by atoms with van der Waals surface area (Å²) in [7, 11) is 0. The van der Waals surface area contributed by atoms with E-state index >= 15 is 0 Å². The summed E-state index contributed by atoms with van der Waals surface area (Å²) >= 11 is 5.39. The Morgan fingerprint density at radius 2 is 2.17 bits per heavy atom. The van der Waals surface area contributed by atoms with E-state index in [4.69, 9.17) is 0 Å². The van der Waals surface area contributed by atoms with Crippen molar-refractivity contribution in [2.75, 3.05) is 6.54 Å². The second-order valence-corrected chi connectivity index (χ2v) is 6.07. The zero-order valence-corrected chi connectivity index (χ0v) is 13.1. The predicted molar refractivity (Wildman–Crippen MR) is 83.3 cm³/mol. The molecule has 2 rings (SSSR count). The van der Waals surface area contributed by atoms with E-state index in [2.05, 4.69) is 70.1 Å². The van der Waals surface area contributed by atoms with Gasteiger partial charge in [-0.3, -0.25) is 0 Å². The summed E-state index contributed by atoms with van der Waals surface area (Å²) in [6, 6.07) is 9.02. The van der Waals surface area contributed by atoms with Crippen LogP contribution in [0.1, 0.15) is 36.1 Å². The summed E-state index contributed by atoms with van der Waals surface area (Å²) in [6.07, 6.45) is 1.14. The van der Waals surface area contributed by atoms with Crippen LogP contribution in [0.15, 0.2) is 39.5 Å². The quantitative estimate of drug-likeness (QED) is 0.824. The Kier molecular flexibility index (Phi) is 4.98. The Morgan fingerprint density at radius 1 is 1.33 bits per heavy atom. The molecule has 0 saturated heterocycles. The molecule has 18 heavy (non-hydrogen) atoms. The molecule has 0 aliphatic carbocycles. The Labute approximate surface area is 121 Å². The molecular formula is C15H18BrNS. The van der Waals surface area contributed by atoms with Crippen LogP contribution in [-0.2, 0) is 0 Å². The van der Waals surface area contributed by atoms with Crippen LogP contribution >= 0.6 is 27.3 Å². The molecule has 0 aliphatic rings. The summed E-state index contributed by atoms with van der Waals surface area (Å²) in [4.78, 5) is 0. The minimum atomic E-state index is 0.283. The van der Waals surface area contributed by atoms with Crippen LogP contribution in [0.2, 0.25) is 0 Å². The second kappa shape index (κ2) is 6.50. The van der Waals surface area contributed by atoms with Crippen molar-refractivity contribution in [1.82, 2.24) is 5.32 Å². The Balaban J connectivity index is 2.33. The van der Waals surface area contributed by atoms with E-state index in [9.17, 15) is 0 Å². The SMILES string of the molecule is CCCNC(c1cccc(C)c1)c1cscc1Br. The molecule has 1 aromatic carbocycles. The molecule has 0 spiro atoms. The number of thiophene rings is 1. The number of nitrogens with one attached hydrogen (secondary N) is 1. The largest absolute Gasteiger partial charge is 0.306 e. The molecule has 0 saturated carbocycles. The number of benzene rings is 1. The number of hydrogen-bond acceptors (Lipinski definition) is 2. The first-order valence-corrected chi connectivity index (χ1v) is 7.97. The van der Waals surface area contributed by atoms with Crippen molar-refractivity contribution in [1.29, 1.82) is 0 Å². The third-order valence-electron chi connectivity index (χ3n) is 2.93. The monoisotopic (exact) mass is 323 g/mol. The lowest BCUT2D eigenvalue weighted by atomic mass is 9.99. The van der Waals surface area contributed by atoms with Crippen molar-refractivity contribution in [3.63, 3.8) is 0 Å². The lowest BCUT2D eigenvalue weighted by Crippen LogP contribution is -2.23. The van der Waals surface area contributed by atoms with Gasteiger partial charge in [-0.1, -0.05) is 36.8 Å². The fraction of sp³-hybridized carbons (Fsp3) is 0.333. The maximum atomic E-state index is 3.65. The molecule has 1 nitrogen and oxygen atoms in total. The maximum absolute atomic E-state index is 3.65. The number of hydrogen-bond donors (Lipinski definition) is 1. The van der Waals surface area contributed by atoms with Gasteiger partial charge in [-0.2, -0.15) is 11.3 Å². The average Bonchev–Trinajstić information content (AvgIpc) is 2.77. The number of halogens is 1. The molecule has 1 atom stereocenters. The average molecular weight is 324 g/mol. The zero-order valence-electron chi connectivity index (χ0n) is 10.7. The Hall–Kier alpha value is -0.640. The number of aryl methyl sites for hydroxylation is 1. The van der Waals surface area contributed by atoms with Crippen LogP contribution in [-0.4, -0.2) is 6.54 Å². The van der Waals surface area contributed by atoms with Crippen molar-refractivity contribution in [3.05, 3.63) is 56.2 Å². The molecule has 1 unspecified atom stereocenters. The van der Waals surface area contributed by atoms with E-state index in [1.54, 1.807) is 11.3 Å².